The van der Waals surface area contributed by atoms with Crippen LogP contribution >= 0.6 is 22.9 Å². The first-order valence-corrected chi connectivity index (χ1v) is 14.3. The van der Waals surface area contributed by atoms with Crippen molar-refractivity contribution in [3.63, 3.8) is 0 Å². The van der Waals surface area contributed by atoms with Gasteiger partial charge >= 0.3 is 18.2 Å². The minimum atomic E-state index is -4.95. The van der Waals surface area contributed by atoms with Gasteiger partial charge in [0, 0.05) is 22.8 Å². The summed E-state index contributed by atoms with van der Waals surface area (Å²) in [5.41, 5.74) is 5.21. The third-order valence-corrected chi connectivity index (χ3v) is 8.48. The number of benzene rings is 2. The van der Waals surface area contributed by atoms with E-state index in [2.05, 4.69) is 9.97 Å². The summed E-state index contributed by atoms with van der Waals surface area (Å²) in [7, 11) is 0. The number of nitrogen functional groups attached to an aromatic ring is 1. The van der Waals surface area contributed by atoms with E-state index in [1.165, 1.54) is 23.1 Å². The number of alkyl halides is 3. The van der Waals surface area contributed by atoms with E-state index in [1.54, 1.807) is 31.2 Å². The molecule has 6 rings (SSSR count). The number of nitrogens with zero attached hydrogens (tertiary/aromatic N) is 4. The van der Waals surface area contributed by atoms with Gasteiger partial charge in [-0.25, -0.2) is 19.6 Å². The highest BCUT2D eigenvalue weighted by Crippen LogP contribution is 2.40. The fraction of sp³-hybridized carbons (Fsp3) is 0.321. The highest BCUT2D eigenvalue weighted by molar-refractivity contribution is 7.17. The summed E-state index contributed by atoms with van der Waals surface area (Å²) >= 11 is 6.25. The molecule has 2 saturated heterocycles. The predicted molar refractivity (Wildman–Crippen MR) is 154 cm³/mol. The number of amides is 1. The number of carboxylic acids is 1. The highest BCUT2D eigenvalue weighted by atomic mass is 35.5. The van der Waals surface area contributed by atoms with Crippen molar-refractivity contribution in [1.29, 1.82) is 0 Å². The van der Waals surface area contributed by atoms with E-state index < -0.39 is 22.7 Å². The number of anilines is 1. The molecule has 1 atom stereocenters. The summed E-state index contributed by atoms with van der Waals surface area (Å²) in [6.07, 6.45) is -1.53. The molecule has 0 aliphatic carbocycles. The number of aromatic carboxylic acids is 1. The lowest BCUT2D eigenvalue weighted by Crippen LogP contribution is -2.37. The highest BCUT2D eigenvalue weighted by Gasteiger charge is 2.40. The fourth-order valence-corrected chi connectivity index (χ4v) is 6.06. The summed E-state index contributed by atoms with van der Waals surface area (Å²) in [6, 6.07) is 10.0. The number of carbonyl (C=O) groups is 2. The minimum absolute atomic E-state index is 0.0253. The number of aryl methyl sites for hydroxylation is 1. The van der Waals surface area contributed by atoms with Crippen LogP contribution in [0.5, 0.6) is 0 Å². The lowest BCUT2D eigenvalue weighted by Gasteiger charge is -2.25. The molecular formula is C28H25ClF3N5O5S. The molecule has 2 fully saturated rings. The van der Waals surface area contributed by atoms with Gasteiger partial charge in [0.25, 0.3) is 5.56 Å². The van der Waals surface area contributed by atoms with Gasteiger partial charge in [-0.15, -0.1) is 11.3 Å². The van der Waals surface area contributed by atoms with E-state index in [0.29, 0.717) is 34.8 Å². The lowest BCUT2D eigenvalue weighted by molar-refractivity contribution is -0.141. The van der Waals surface area contributed by atoms with Crippen LogP contribution in [0, 0.1) is 6.92 Å². The summed E-state index contributed by atoms with van der Waals surface area (Å²) in [5, 5.41) is 9.64. The summed E-state index contributed by atoms with van der Waals surface area (Å²) in [5.74, 6) is -1.37. The third kappa shape index (κ3) is 6.30. The van der Waals surface area contributed by atoms with Gasteiger partial charge < -0.3 is 20.5 Å². The molecule has 0 bridgehead atoms. The molecule has 0 spiro atoms. The summed E-state index contributed by atoms with van der Waals surface area (Å²) < 4.78 is 46.0. The second-order valence-corrected chi connectivity index (χ2v) is 11.5. The van der Waals surface area contributed by atoms with E-state index in [-0.39, 0.29) is 45.4 Å². The number of cyclic esters (lactones) is 1. The Hall–Kier alpha value is -4.17. The molecule has 4 aromatic rings. The number of rotatable bonds is 4. The van der Waals surface area contributed by atoms with Gasteiger partial charge in [0.05, 0.1) is 23.5 Å². The molecule has 15 heteroatoms. The van der Waals surface area contributed by atoms with E-state index in [4.69, 9.17) is 27.2 Å². The van der Waals surface area contributed by atoms with E-state index in [1.807, 2.05) is 4.90 Å². The van der Waals surface area contributed by atoms with E-state index in [9.17, 15) is 27.6 Å². The molecule has 10 nitrogen and oxygen atoms in total. The number of hydrogen-bond donors (Lipinski definition) is 2. The van der Waals surface area contributed by atoms with Gasteiger partial charge in [-0.05, 0) is 56.0 Å². The molecule has 1 unspecified atom stereocenters. The molecule has 4 heterocycles. The average molecular weight is 636 g/mol. The van der Waals surface area contributed by atoms with Crippen molar-refractivity contribution in [2.45, 2.75) is 44.9 Å². The first kappa shape index (κ1) is 30.3. The molecule has 2 aromatic carbocycles. The number of carboxylic acid groups (broad SMARTS) is 1. The third-order valence-electron chi connectivity index (χ3n) is 7.15. The normalized spacial score (nSPS) is 16.4. The number of thiazole rings is 1. The van der Waals surface area contributed by atoms with Crippen LogP contribution in [-0.2, 0) is 17.5 Å². The number of aromatic nitrogens is 3. The monoisotopic (exact) mass is 635 g/mol. The van der Waals surface area contributed by atoms with Crippen molar-refractivity contribution in [1.82, 2.24) is 19.4 Å². The second-order valence-electron chi connectivity index (χ2n) is 10.1. The maximum Gasteiger partial charge on any atom is 0.435 e. The Morgan fingerprint density at radius 2 is 1.91 bits per heavy atom. The number of carbonyl (C=O) groups excluding carboxylic acids is 1. The van der Waals surface area contributed by atoms with Crippen molar-refractivity contribution < 1.29 is 32.6 Å². The maximum absolute atomic E-state index is 13.2. The molecular weight excluding hydrogens is 611 g/mol. The number of nitrogens with two attached hydrogens (primary N) is 1. The van der Waals surface area contributed by atoms with Crippen molar-refractivity contribution in [2.75, 3.05) is 18.9 Å². The summed E-state index contributed by atoms with van der Waals surface area (Å²) in [4.78, 5) is 44.1. The predicted octanol–water partition coefficient (Wildman–Crippen LogP) is 5.82. The van der Waals surface area contributed by atoms with E-state index in [0.717, 1.165) is 24.9 Å². The zero-order valence-electron chi connectivity index (χ0n) is 22.7. The zero-order valence-corrected chi connectivity index (χ0v) is 24.2. The molecule has 2 aliphatic rings. The first-order chi connectivity index (χ1) is 20.3. The van der Waals surface area contributed by atoms with Gasteiger partial charge in [0.15, 0.2) is 5.69 Å². The average Bonchev–Trinajstić information content (AvgIpc) is 3.58. The van der Waals surface area contributed by atoms with Crippen LogP contribution in [0.4, 0.5) is 23.7 Å². The van der Waals surface area contributed by atoms with Crippen LogP contribution < -0.4 is 11.3 Å². The number of ether oxygens (including phenoxy) is 1. The molecule has 3 N–H and O–H groups in total. The number of fused-ring (bicyclic) bond motifs is 2. The minimum Gasteiger partial charge on any atom is -0.477 e. The van der Waals surface area contributed by atoms with Crippen LogP contribution in [0.25, 0.3) is 21.5 Å². The van der Waals surface area contributed by atoms with Crippen LogP contribution in [0.15, 0.2) is 41.2 Å². The Morgan fingerprint density at radius 3 is 2.53 bits per heavy atom. The van der Waals surface area contributed by atoms with Gasteiger partial charge in [-0.3, -0.25) is 9.36 Å². The second kappa shape index (κ2) is 11.8. The van der Waals surface area contributed by atoms with Gasteiger partial charge in [-0.1, -0.05) is 23.7 Å². The van der Waals surface area contributed by atoms with Crippen LogP contribution in [0.3, 0.4) is 0 Å². The lowest BCUT2D eigenvalue weighted by atomic mass is 10.0. The van der Waals surface area contributed by atoms with Crippen LogP contribution in [-0.4, -0.2) is 55.8 Å². The largest absolute Gasteiger partial charge is 0.477 e. The SMILES string of the molecule is Cc1nc2cc(-c3nc(C(F)(F)F)c(C(=O)O)s3)c(N)cc2c(=O)n1Cc1ccc(Cl)cc1.O=C1OCC2CCCCN12. The topological polar surface area (TPSA) is 141 Å². The standard InChI is InChI=1S/C21H14ClF3N4O3S.C7H11NO2/c1-9-27-15-7-12(18-28-17(21(23,24)25)16(33-18)20(31)32)14(26)6-13(15)19(30)29(9)8-10-2-4-11(22)5-3-10;9-7-8-4-2-1-3-6(8)5-10-7/h2-7H,8,26H2,1H3,(H,31,32);6H,1-5H2. The molecule has 1 amide bonds. The molecule has 0 radical (unpaired) electrons. The smallest absolute Gasteiger partial charge is 0.435 e. The Morgan fingerprint density at radius 1 is 1.19 bits per heavy atom. The van der Waals surface area contributed by atoms with Crippen LogP contribution in [0.2, 0.25) is 5.02 Å². The summed E-state index contributed by atoms with van der Waals surface area (Å²) in [6.45, 7) is 3.39. The van der Waals surface area contributed by atoms with Crippen molar-refractivity contribution in [2.24, 2.45) is 0 Å². The zero-order chi connectivity index (χ0) is 31.1. The quantitative estimate of drug-likeness (QED) is 0.267. The Kier molecular flexibility index (Phi) is 8.34. The number of halogens is 4. The molecule has 2 aromatic heterocycles. The van der Waals surface area contributed by atoms with Crippen molar-refractivity contribution >= 4 is 51.6 Å². The fourth-order valence-electron chi connectivity index (χ4n) is 4.98. The van der Waals surface area contributed by atoms with Gasteiger partial charge in [0.1, 0.15) is 22.3 Å². The molecule has 0 saturated carbocycles. The van der Waals surface area contributed by atoms with Gasteiger partial charge in [-0.2, -0.15) is 13.2 Å². The van der Waals surface area contributed by atoms with Crippen molar-refractivity contribution in [3.05, 3.63) is 73.7 Å². The van der Waals surface area contributed by atoms with Gasteiger partial charge in [0.2, 0.25) is 0 Å². The van der Waals surface area contributed by atoms with Crippen molar-refractivity contribution in [3.8, 4) is 10.6 Å². The Bertz CT molecular complexity index is 1770. The Balaban J connectivity index is 0.000000308. The number of piperidine rings is 1. The number of hydrogen-bond acceptors (Lipinski definition) is 8. The van der Waals surface area contributed by atoms with Crippen LogP contribution in [0.1, 0.15) is 46.0 Å². The van der Waals surface area contributed by atoms with E-state index >= 15 is 0 Å². The molecule has 43 heavy (non-hydrogen) atoms. The maximum atomic E-state index is 13.2. The molecule has 2 aliphatic heterocycles. The first-order valence-electron chi connectivity index (χ1n) is 13.1. The Labute approximate surface area is 251 Å². The molecule has 226 valence electrons.